The Morgan fingerprint density at radius 1 is 1.30 bits per heavy atom. The van der Waals surface area contributed by atoms with Gasteiger partial charge in [0, 0.05) is 14.2 Å². The molecule has 1 aliphatic rings. The summed E-state index contributed by atoms with van der Waals surface area (Å²) in [5.74, 6) is -0.649. The van der Waals surface area contributed by atoms with E-state index >= 15 is 0 Å². The Labute approximate surface area is 136 Å². The summed E-state index contributed by atoms with van der Waals surface area (Å²) in [5, 5.41) is 0. The largest absolute Gasteiger partial charge is 0.469 e. The number of hydrogen-bond donors (Lipinski definition) is 0. The lowest BCUT2D eigenvalue weighted by Gasteiger charge is -2.31. The lowest BCUT2D eigenvalue weighted by Crippen LogP contribution is -2.39. The first-order chi connectivity index (χ1) is 10.8. The highest BCUT2D eigenvalue weighted by Gasteiger charge is 2.34. The van der Waals surface area contributed by atoms with Crippen molar-refractivity contribution >= 4 is 21.7 Å². The SMILES string of the molecule is COC(=O)C1Cc2ccc(N(CC(OC)OC)S(C)(=O)=O)cc21. The van der Waals surface area contributed by atoms with Crippen molar-refractivity contribution in [2.45, 2.75) is 18.6 Å². The maximum Gasteiger partial charge on any atom is 0.313 e. The normalized spacial score (nSPS) is 16.7. The van der Waals surface area contributed by atoms with Gasteiger partial charge >= 0.3 is 5.97 Å². The van der Waals surface area contributed by atoms with Crippen molar-refractivity contribution in [3.63, 3.8) is 0 Å². The second-order valence-electron chi connectivity index (χ2n) is 5.36. The molecule has 0 aromatic heterocycles. The molecule has 1 atom stereocenters. The van der Waals surface area contributed by atoms with Gasteiger partial charge in [0.15, 0.2) is 6.29 Å². The molecule has 1 aromatic rings. The quantitative estimate of drug-likeness (QED) is 0.540. The maximum atomic E-state index is 12.1. The topological polar surface area (TPSA) is 82.1 Å². The third-order valence-corrected chi connectivity index (χ3v) is 5.10. The molecule has 0 saturated heterocycles. The van der Waals surface area contributed by atoms with Crippen LogP contribution in [0.15, 0.2) is 18.2 Å². The van der Waals surface area contributed by atoms with Gasteiger partial charge in [-0.2, -0.15) is 0 Å². The lowest BCUT2D eigenvalue weighted by atomic mass is 9.77. The van der Waals surface area contributed by atoms with Crippen LogP contribution >= 0.6 is 0 Å². The van der Waals surface area contributed by atoms with Crippen LogP contribution in [0.4, 0.5) is 5.69 Å². The molecule has 0 spiro atoms. The number of methoxy groups -OCH3 is 3. The highest BCUT2D eigenvalue weighted by atomic mass is 32.2. The summed E-state index contributed by atoms with van der Waals surface area (Å²) in [7, 11) is 0.705. The van der Waals surface area contributed by atoms with E-state index in [9.17, 15) is 13.2 Å². The molecule has 0 N–H and O–H groups in total. The van der Waals surface area contributed by atoms with Gasteiger partial charge in [-0.3, -0.25) is 9.10 Å². The second kappa shape index (κ2) is 6.86. The average molecular weight is 343 g/mol. The van der Waals surface area contributed by atoms with Crippen LogP contribution in [0.3, 0.4) is 0 Å². The number of carbonyl (C=O) groups is 1. The highest BCUT2D eigenvalue weighted by Crippen LogP contribution is 2.38. The molecule has 23 heavy (non-hydrogen) atoms. The fourth-order valence-electron chi connectivity index (χ4n) is 2.61. The zero-order chi connectivity index (χ0) is 17.2. The number of carbonyl (C=O) groups excluding carboxylic acids is 1. The number of anilines is 1. The smallest absolute Gasteiger partial charge is 0.313 e. The number of nitrogens with zero attached hydrogens (tertiary/aromatic N) is 1. The molecule has 0 fully saturated rings. The third-order valence-electron chi connectivity index (χ3n) is 3.94. The van der Waals surface area contributed by atoms with Crippen LogP contribution in [-0.2, 0) is 35.4 Å². The van der Waals surface area contributed by atoms with Gasteiger partial charge in [-0.15, -0.1) is 0 Å². The van der Waals surface area contributed by atoms with Gasteiger partial charge in [-0.25, -0.2) is 8.42 Å². The first-order valence-electron chi connectivity index (χ1n) is 7.05. The average Bonchev–Trinajstić information content (AvgIpc) is 2.48. The number of benzene rings is 1. The van der Waals surface area contributed by atoms with Crippen LogP contribution in [-0.4, -0.2) is 54.8 Å². The minimum Gasteiger partial charge on any atom is -0.469 e. The molecule has 1 aromatic carbocycles. The number of fused-ring (bicyclic) bond motifs is 1. The standard InChI is InChI=1S/C15H21NO6S/c1-20-14(21-2)9-16(23(4,18)19)11-6-5-10-7-13(12(10)8-11)15(17)22-3/h5-6,8,13-14H,7,9H2,1-4H3. The number of esters is 1. The minimum atomic E-state index is -3.52. The Morgan fingerprint density at radius 2 is 1.96 bits per heavy atom. The zero-order valence-electron chi connectivity index (χ0n) is 13.6. The zero-order valence-corrected chi connectivity index (χ0v) is 14.4. The Morgan fingerprint density at radius 3 is 2.48 bits per heavy atom. The summed E-state index contributed by atoms with van der Waals surface area (Å²) in [6, 6.07) is 5.26. The van der Waals surface area contributed by atoms with E-state index in [0.717, 1.165) is 17.4 Å². The van der Waals surface area contributed by atoms with E-state index in [1.54, 1.807) is 12.1 Å². The van der Waals surface area contributed by atoms with Crippen molar-refractivity contribution < 1.29 is 27.4 Å². The summed E-state index contributed by atoms with van der Waals surface area (Å²) in [6.45, 7) is 0.0213. The van der Waals surface area contributed by atoms with Crippen LogP contribution in [0.5, 0.6) is 0 Å². The minimum absolute atomic E-state index is 0.0213. The molecule has 0 saturated carbocycles. The number of ether oxygens (including phenoxy) is 3. The molecular formula is C15H21NO6S. The van der Waals surface area contributed by atoms with Gasteiger partial charge in [0.2, 0.25) is 10.0 Å². The van der Waals surface area contributed by atoms with Crippen LogP contribution < -0.4 is 4.31 Å². The molecule has 0 amide bonds. The molecule has 1 unspecified atom stereocenters. The van der Waals surface area contributed by atoms with E-state index in [-0.39, 0.29) is 18.4 Å². The van der Waals surface area contributed by atoms with E-state index < -0.39 is 16.3 Å². The van der Waals surface area contributed by atoms with Crippen LogP contribution in [0.2, 0.25) is 0 Å². The van der Waals surface area contributed by atoms with Crippen molar-refractivity contribution in [2.24, 2.45) is 0 Å². The fraction of sp³-hybridized carbons (Fsp3) is 0.533. The molecule has 2 rings (SSSR count). The highest BCUT2D eigenvalue weighted by molar-refractivity contribution is 7.92. The predicted molar refractivity (Wildman–Crippen MR) is 84.9 cm³/mol. The van der Waals surface area contributed by atoms with E-state index in [2.05, 4.69) is 0 Å². The first kappa shape index (κ1) is 17.7. The van der Waals surface area contributed by atoms with Crippen molar-refractivity contribution in [1.29, 1.82) is 0 Å². The number of rotatable bonds is 7. The van der Waals surface area contributed by atoms with Crippen LogP contribution in [0.1, 0.15) is 17.0 Å². The van der Waals surface area contributed by atoms with Gasteiger partial charge in [0.1, 0.15) is 0 Å². The summed E-state index contributed by atoms with van der Waals surface area (Å²) < 4.78 is 40.4. The lowest BCUT2D eigenvalue weighted by molar-refractivity contribution is -0.143. The summed E-state index contributed by atoms with van der Waals surface area (Å²) in [6.07, 6.45) is 1.04. The van der Waals surface area contributed by atoms with E-state index in [4.69, 9.17) is 14.2 Å². The molecule has 0 heterocycles. The van der Waals surface area contributed by atoms with Crippen molar-refractivity contribution in [3.8, 4) is 0 Å². The third kappa shape index (κ3) is 3.65. The van der Waals surface area contributed by atoms with Crippen molar-refractivity contribution in [1.82, 2.24) is 0 Å². The Hall–Kier alpha value is -1.64. The molecule has 128 valence electrons. The summed E-state index contributed by atoms with van der Waals surface area (Å²) in [5.41, 5.74) is 2.29. The molecule has 0 radical (unpaired) electrons. The van der Waals surface area contributed by atoms with Gasteiger partial charge in [-0.05, 0) is 29.7 Å². The summed E-state index contributed by atoms with van der Waals surface area (Å²) in [4.78, 5) is 11.7. The van der Waals surface area contributed by atoms with Gasteiger partial charge in [0.05, 0.1) is 31.5 Å². The molecule has 0 aliphatic heterocycles. The monoisotopic (exact) mass is 343 g/mol. The first-order valence-corrected chi connectivity index (χ1v) is 8.90. The Bertz CT molecular complexity index is 683. The molecule has 1 aliphatic carbocycles. The van der Waals surface area contributed by atoms with Crippen LogP contribution in [0.25, 0.3) is 0 Å². The predicted octanol–water partition coefficient (Wildman–Crippen LogP) is 0.884. The number of hydrogen-bond acceptors (Lipinski definition) is 6. The fourth-order valence-corrected chi connectivity index (χ4v) is 3.50. The molecular weight excluding hydrogens is 322 g/mol. The Balaban J connectivity index is 2.34. The number of sulfonamides is 1. The second-order valence-corrected chi connectivity index (χ2v) is 7.26. The van der Waals surface area contributed by atoms with Crippen molar-refractivity contribution in [2.75, 3.05) is 38.4 Å². The Kier molecular flexibility index (Phi) is 5.28. The van der Waals surface area contributed by atoms with Gasteiger partial charge in [0.25, 0.3) is 0 Å². The molecule has 7 nitrogen and oxygen atoms in total. The van der Waals surface area contributed by atoms with Crippen molar-refractivity contribution in [3.05, 3.63) is 29.3 Å². The van der Waals surface area contributed by atoms with E-state index in [1.165, 1.54) is 25.6 Å². The maximum absolute atomic E-state index is 12.1. The van der Waals surface area contributed by atoms with Gasteiger partial charge < -0.3 is 14.2 Å². The summed E-state index contributed by atoms with van der Waals surface area (Å²) >= 11 is 0. The molecule has 8 heteroatoms. The van der Waals surface area contributed by atoms with E-state index in [1.807, 2.05) is 6.07 Å². The van der Waals surface area contributed by atoms with E-state index in [0.29, 0.717) is 12.1 Å². The van der Waals surface area contributed by atoms with Gasteiger partial charge in [-0.1, -0.05) is 6.07 Å². The van der Waals surface area contributed by atoms with Crippen LogP contribution in [0, 0.1) is 0 Å². The molecule has 0 bridgehead atoms.